The summed E-state index contributed by atoms with van der Waals surface area (Å²) in [5.74, 6) is 1.90. The van der Waals surface area contributed by atoms with E-state index in [9.17, 15) is 0 Å². The molecule has 0 amide bonds. The fourth-order valence-electron chi connectivity index (χ4n) is 2.14. The second kappa shape index (κ2) is 5.76. The average Bonchev–Trinajstić information content (AvgIpc) is 2.66. The summed E-state index contributed by atoms with van der Waals surface area (Å²) in [6.07, 6.45) is 1.22. The number of ether oxygens (including phenoxy) is 2. The molecule has 1 unspecified atom stereocenters. The van der Waals surface area contributed by atoms with Crippen molar-refractivity contribution < 1.29 is 9.47 Å². The Kier molecular flexibility index (Phi) is 4.30. The van der Waals surface area contributed by atoms with E-state index >= 15 is 0 Å². The molecule has 4 heteroatoms. The summed E-state index contributed by atoms with van der Waals surface area (Å²) in [6.45, 7) is 7.35. The van der Waals surface area contributed by atoms with Gasteiger partial charge in [0.1, 0.15) is 17.6 Å². The lowest BCUT2D eigenvalue weighted by molar-refractivity contribution is 0.254. The largest absolute Gasteiger partial charge is 0.496 e. The first-order chi connectivity index (χ1) is 8.60. The quantitative estimate of drug-likeness (QED) is 0.906. The Labute approximate surface area is 116 Å². The fraction of sp³-hybridized carbons (Fsp3) is 0.429. The number of nitrogens with one attached hydrogen (secondary N) is 1. The van der Waals surface area contributed by atoms with Crippen molar-refractivity contribution in [2.24, 2.45) is 0 Å². The molecule has 98 valence electrons. The Morgan fingerprint density at radius 2 is 2.39 bits per heavy atom. The SMILES string of the molecule is C=C(Br)CNCc1cc2c(cc1OC)CC(C)O2. The van der Waals surface area contributed by atoms with Crippen LogP contribution < -0.4 is 14.8 Å². The normalized spacial score (nSPS) is 17.2. The highest BCUT2D eigenvalue weighted by Crippen LogP contribution is 2.34. The van der Waals surface area contributed by atoms with Crippen LogP contribution in [0.3, 0.4) is 0 Å². The molecule has 0 radical (unpaired) electrons. The van der Waals surface area contributed by atoms with Crippen molar-refractivity contribution >= 4 is 15.9 Å². The highest BCUT2D eigenvalue weighted by atomic mass is 79.9. The molecule has 0 aromatic heterocycles. The van der Waals surface area contributed by atoms with E-state index in [1.807, 2.05) is 0 Å². The van der Waals surface area contributed by atoms with Gasteiger partial charge in [-0.05, 0) is 19.1 Å². The predicted octanol–water partition coefficient (Wildman–Crippen LogP) is 3.02. The van der Waals surface area contributed by atoms with E-state index in [1.165, 1.54) is 5.56 Å². The lowest BCUT2D eigenvalue weighted by Crippen LogP contribution is -2.15. The first-order valence-electron chi connectivity index (χ1n) is 6.00. The van der Waals surface area contributed by atoms with Crippen LogP contribution in [-0.2, 0) is 13.0 Å². The van der Waals surface area contributed by atoms with Gasteiger partial charge in [-0.3, -0.25) is 0 Å². The van der Waals surface area contributed by atoms with Gasteiger partial charge >= 0.3 is 0 Å². The van der Waals surface area contributed by atoms with E-state index < -0.39 is 0 Å². The van der Waals surface area contributed by atoms with Gasteiger partial charge < -0.3 is 14.8 Å². The van der Waals surface area contributed by atoms with Gasteiger partial charge in [0.25, 0.3) is 0 Å². The summed E-state index contributed by atoms with van der Waals surface area (Å²) < 4.78 is 12.1. The topological polar surface area (TPSA) is 30.5 Å². The van der Waals surface area contributed by atoms with Gasteiger partial charge in [-0.15, -0.1) is 0 Å². The van der Waals surface area contributed by atoms with Crippen molar-refractivity contribution in [3.05, 3.63) is 34.3 Å². The minimum Gasteiger partial charge on any atom is -0.496 e. The highest BCUT2D eigenvalue weighted by Gasteiger charge is 2.21. The van der Waals surface area contributed by atoms with E-state index in [1.54, 1.807) is 7.11 Å². The zero-order valence-corrected chi connectivity index (χ0v) is 12.3. The van der Waals surface area contributed by atoms with Crippen molar-refractivity contribution in [3.63, 3.8) is 0 Å². The molecule has 0 saturated carbocycles. The molecule has 1 aliphatic rings. The van der Waals surface area contributed by atoms with E-state index in [0.29, 0.717) is 0 Å². The first-order valence-corrected chi connectivity index (χ1v) is 6.80. The number of fused-ring (bicyclic) bond motifs is 1. The van der Waals surface area contributed by atoms with Crippen LogP contribution in [0, 0.1) is 0 Å². The third-order valence-corrected chi connectivity index (χ3v) is 3.21. The maximum Gasteiger partial charge on any atom is 0.123 e. The highest BCUT2D eigenvalue weighted by molar-refractivity contribution is 9.11. The van der Waals surface area contributed by atoms with Crippen LogP contribution in [-0.4, -0.2) is 19.8 Å². The molecule has 1 aromatic carbocycles. The third kappa shape index (κ3) is 3.06. The molecular weight excluding hydrogens is 294 g/mol. The minimum atomic E-state index is 0.259. The van der Waals surface area contributed by atoms with Crippen LogP contribution in [0.25, 0.3) is 0 Å². The Hall–Kier alpha value is -1.00. The number of hydrogen-bond acceptors (Lipinski definition) is 3. The zero-order valence-electron chi connectivity index (χ0n) is 10.8. The van der Waals surface area contributed by atoms with Crippen molar-refractivity contribution in [2.75, 3.05) is 13.7 Å². The molecule has 1 aliphatic heterocycles. The van der Waals surface area contributed by atoms with E-state index in [0.717, 1.165) is 41.1 Å². The van der Waals surface area contributed by atoms with Gasteiger partial charge in [0.05, 0.1) is 7.11 Å². The summed E-state index contributed by atoms with van der Waals surface area (Å²) in [5, 5.41) is 3.30. The van der Waals surface area contributed by atoms with Crippen LogP contribution in [0.1, 0.15) is 18.1 Å². The van der Waals surface area contributed by atoms with Gasteiger partial charge in [-0.2, -0.15) is 0 Å². The minimum absolute atomic E-state index is 0.259. The molecule has 2 rings (SSSR count). The summed E-state index contributed by atoms with van der Waals surface area (Å²) in [7, 11) is 1.70. The molecule has 1 aromatic rings. The molecule has 1 heterocycles. The Morgan fingerprint density at radius 3 is 3.06 bits per heavy atom. The lowest BCUT2D eigenvalue weighted by atomic mass is 10.1. The Balaban J connectivity index is 2.14. The number of hydrogen-bond donors (Lipinski definition) is 1. The summed E-state index contributed by atoms with van der Waals surface area (Å²) in [4.78, 5) is 0. The molecule has 0 spiro atoms. The fourth-order valence-corrected chi connectivity index (χ4v) is 2.34. The number of benzene rings is 1. The first kappa shape index (κ1) is 13.4. The number of rotatable bonds is 5. The Bertz CT molecular complexity index is 459. The third-order valence-electron chi connectivity index (χ3n) is 2.93. The van der Waals surface area contributed by atoms with E-state index in [2.05, 4.69) is 46.9 Å². The molecular formula is C14H18BrNO2. The van der Waals surface area contributed by atoms with Crippen LogP contribution in [0.2, 0.25) is 0 Å². The number of methoxy groups -OCH3 is 1. The van der Waals surface area contributed by atoms with Crippen molar-refractivity contribution in [2.45, 2.75) is 26.0 Å². The average molecular weight is 312 g/mol. The molecule has 0 saturated heterocycles. The van der Waals surface area contributed by atoms with Crippen LogP contribution >= 0.6 is 15.9 Å². The molecule has 1 atom stereocenters. The standard InChI is InChI=1S/C14H18BrNO2/c1-9(15)7-16-8-12-6-14-11(4-10(2)18-14)5-13(12)17-3/h5-6,10,16H,1,4,7-8H2,2-3H3. The molecule has 3 nitrogen and oxygen atoms in total. The van der Waals surface area contributed by atoms with Crippen LogP contribution in [0.5, 0.6) is 11.5 Å². The van der Waals surface area contributed by atoms with Crippen LogP contribution in [0.15, 0.2) is 23.2 Å². The molecule has 0 fully saturated rings. The van der Waals surface area contributed by atoms with Gasteiger partial charge in [-0.25, -0.2) is 0 Å². The molecule has 1 N–H and O–H groups in total. The van der Waals surface area contributed by atoms with Gasteiger partial charge in [0.15, 0.2) is 0 Å². The molecule has 0 bridgehead atoms. The summed E-state index contributed by atoms with van der Waals surface area (Å²) >= 11 is 3.33. The summed E-state index contributed by atoms with van der Waals surface area (Å²) in [6, 6.07) is 4.15. The number of halogens is 1. The Morgan fingerprint density at radius 1 is 1.61 bits per heavy atom. The summed E-state index contributed by atoms with van der Waals surface area (Å²) in [5.41, 5.74) is 2.34. The predicted molar refractivity (Wildman–Crippen MR) is 76.6 cm³/mol. The van der Waals surface area contributed by atoms with E-state index in [-0.39, 0.29) is 6.10 Å². The lowest BCUT2D eigenvalue weighted by Gasteiger charge is -2.11. The van der Waals surface area contributed by atoms with Crippen molar-refractivity contribution in [1.29, 1.82) is 0 Å². The second-order valence-electron chi connectivity index (χ2n) is 4.53. The van der Waals surface area contributed by atoms with Crippen molar-refractivity contribution in [3.8, 4) is 11.5 Å². The molecule has 0 aliphatic carbocycles. The second-order valence-corrected chi connectivity index (χ2v) is 5.65. The van der Waals surface area contributed by atoms with Gasteiger partial charge in [-0.1, -0.05) is 22.5 Å². The monoisotopic (exact) mass is 311 g/mol. The smallest absolute Gasteiger partial charge is 0.123 e. The maximum absolute atomic E-state index is 5.76. The van der Waals surface area contributed by atoms with E-state index in [4.69, 9.17) is 9.47 Å². The van der Waals surface area contributed by atoms with Gasteiger partial charge in [0.2, 0.25) is 0 Å². The molecule has 18 heavy (non-hydrogen) atoms. The van der Waals surface area contributed by atoms with Crippen LogP contribution in [0.4, 0.5) is 0 Å². The zero-order chi connectivity index (χ0) is 13.1. The van der Waals surface area contributed by atoms with Crippen molar-refractivity contribution in [1.82, 2.24) is 5.32 Å². The maximum atomic E-state index is 5.76. The van der Waals surface area contributed by atoms with Gasteiger partial charge in [0, 0.05) is 35.1 Å².